The van der Waals surface area contributed by atoms with E-state index in [1.807, 2.05) is 6.92 Å². The maximum Gasteiger partial charge on any atom is 0.150 e. The topological polar surface area (TPSA) is 29.1 Å². The van der Waals surface area contributed by atoms with Crippen molar-refractivity contribution in [3.05, 3.63) is 0 Å². The van der Waals surface area contributed by atoms with Gasteiger partial charge in [-0.05, 0) is 7.05 Å². The fraction of sp³-hybridized carbons (Fsp3) is 0.833. The van der Waals surface area contributed by atoms with Crippen molar-refractivity contribution in [3.8, 4) is 0 Å². The van der Waals surface area contributed by atoms with Crippen molar-refractivity contribution in [2.45, 2.75) is 19.4 Å². The molecule has 54 valence electrons. The van der Waals surface area contributed by atoms with Gasteiger partial charge in [-0.2, -0.15) is 12.6 Å². The molecule has 9 heavy (non-hydrogen) atoms. The van der Waals surface area contributed by atoms with E-state index in [-0.39, 0.29) is 11.8 Å². The summed E-state index contributed by atoms with van der Waals surface area (Å²) in [5, 5.41) is 2.88. The van der Waals surface area contributed by atoms with Crippen molar-refractivity contribution in [1.82, 2.24) is 5.32 Å². The molecule has 0 rings (SSSR count). The summed E-state index contributed by atoms with van der Waals surface area (Å²) < 4.78 is 0. The number of nitrogens with one attached hydrogen (secondary N) is 1. The van der Waals surface area contributed by atoms with E-state index in [9.17, 15) is 4.79 Å². The molecule has 0 amide bonds. The molecule has 1 N–H and O–H groups in total. The maximum absolute atomic E-state index is 10.9. The van der Waals surface area contributed by atoms with E-state index in [2.05, 4.69) is 17.9 Å². The zero-order valence-corrected chi connectivity index (χ0v) is 6.74. The molecule has 0 aromatic rings. The summed E-state index contributed by atoms with van der Waals surface area (Å²) >= 11 is 4.01. The van der Waals surface area contributed by atoms with Crippen LogP contribution in [0.25, 0.3) is 0 Å². The number of hydrogen-bond donors (Lipinski definition) is 2. The molecule has 0 saturated carbocycles. The molecule has 0 fully saturated rings. The lowest BCUT2D eigenvalue weighted by Gasteiger charge is -2.08. The zero-order valence-electron chi connectivity index (χ0n) is 5.85. The van der Waals surface area contributed by atoms with E-state index in [1.54, 1.807) is 7.05 Å². The Morgan fingerprint density at radius 2 is 2.33 bits per heavy atom. The molecule has 0 bridgehead atoms. The lowest BCUT2D eigenvalue weighted by atomic mass is 10.2. The average molecular weight is 147 g/mol. The van der Waals surface area contributed by atoms with Gasteiger partial charge in [0.25, 0.3) is 0 Å². The van der Waals surface area contributed by atoms with Crippen LogP contribution in [-0.2, 0) is 4.79 Å². The quantitative estimate of drug-likeness (QED) is 0.566. The summed E-state index contributed by atoms with van der Waals surface area (Å²) in [7, 11) is 1.77. The molecule has 0 heterocycles. The van der Waals surface area contributed by atoms with Crippen LogP contribution < -0.4 is 5.32 Å². The Hall–Kier alpha value is -0.0200. The highest BCUT2D eigenvalue weighted by Gasteiger charge is 2.10. The van der Waals surface area contributed by atoms with Crippen molar-refractivity contribution in [2.75, 3.05) is 12.8 Å². The highest BCUT2D eigenvalue weighted by molar-refractivity contribution is 7.80. The van der Waals surface area contributed by atoms with Crippen LogP contribution in [0.1, 0.15) is 13.3 Å². The van der Waals surface area contributed by atoms with Gasteiger partial charge in [0.05, 0.1) is 6.04 Å². The summed E-state index contributed by atoms with van der Waals surface area (Å²) in [6.07, 6.45) is 0.589. The van der Waals surface area contributed by atoms with Gasteiger partial charge in [-0.25, -0.2) is 0 Å². The standard InChI is InChI=1S/C6H13NOS/c1-3-6(8)5(4-9)7-2/h5,7,9H,3-4H2,1-2H3/t5-/m0/s1. The smallest absolute Gasteiger partial charge is 0.150 e. The first-order chi connectivity index (χ1) is 4.26. The number of Topliss-reactive ketones (excluding diaryl/α,β-unsaturated/α-hetero) is 1. The van der Waals surface area contributed by atoms with E-state index >= 15 is 0 Å². The number of ketones is 1. The van der Waals surface area contributed by atoms with E-state index in [0.717, 1.165) is 0 Å². The number of carbonyl (C=O) groups is 1. The highest BCUT2D eigenvalue weighted by atomic mass is 32.1. The van der Waals surface area contributed by atoms with Gasteiger partial charge in [0.1, 0.15) is 5.78 Å². The van der Waals surface area contributed by atoms with Crippen LogP contribution in [0.5, 0.6) is 0 Å². The molecule has 0 spiro atoms. The third kappa shape index (κ3) is 2.87. The number of hydrogen-bond acceptors (Lipinski definition) is 3. The van der Waals surface area contributed by atoms with Gasteiger partial charge in [0.15, 0.2) is 0 Å². The highest BCUT2D eigenvalue weighted by Crippen LogP contribution is 1.92. The zero-order chi connectivity index (χ0) is 7.28. The van der Waals surface area contributed by atoms with E-state index < -0.39 is 0 Å². The molecular formula is C6H13NOS. The van der Waals surface area contributed by atoms with Gasteiger partial charge in [-0.1, -0.05) is 6.92 Å². The third-order valence-electron chi connectivity index (χ3n) is 1.27. The lowest BCUT2D eigenvalue weighted by Crippen LogP contribution is -2.35. The summed E-state index contributed by atoms with van der Waals surface area (Å²) in [4.78, 5) is 10.9. The first-order valence-corrected chi connectivity index (χ1v) is 3.70. The minimum absolute atomic E-state index is 0.0571. The predicted octanol–water partition coefficient (Wildman–Crippen LogP) is 0.483. The first-order valence-electron chi connectivity index (χ1n) is 3.07. The molecular weight excluding hydrogens is 134 g/mol. The minimum atomic E-state index is -0.0571. The average Bonchev–Trinajstić information content (AvgIpc) is 1.90. The van der Waals surface area contributed by atoms with Crippen LogP contribution in [0.4, 0.5) is 0 Å². The number of thiol groups is 1. The first kappa shape index (κ1) is 8.98. The van der Waals surface area contributed by atoms with Crippen LogP contribution in [-0.4, -0.2) is 24.6 Å². The monoisotopic (exact) mass is 147 g/mol. The molecule has 3 heteroatoms. The fourth-order valence-electron chi connectivity index (χ4n) is 0.600. The van der Waals surface area contributed by atoms with Gasteiger partial charge in [0, 0.05) is 12.2 Å². The van der Waals surface area contributed by atoms with Crippen LogP contribution in [0, 0.1) is 0 Å². The van der Waals surface area contributed by atoms with Crippen LogP contribution in [0.2, 0.25) is 0 Å². The number of rotatable bonds is 4. The summed E-state index contributed by atoms with van der Waals surface area (Å²) in [6.45, 7) is 1.86. The SMILES string of the molecule is CCC(=O)[C@H](CS)NC. The van der Waals surface area contributed by atoms with Crippen molar-refractivity contribution < 1.29 is 4.79 Å². The Kier molecular flexibility index (Phi) is 4.81. The van der Waals surface area contributed by atoms with Gasteiger partial charge in [-0.3, -0.25) is 4.79 Å². The molecule has 0 radical (unpaired) electrons. The molecule has 0 aliphatic carbocycles. The number of likely N-dealkylation sites (N-methyl/N-ethyl adjacent to an activating group) is 1. The Morgan fingerprint density at radius 3 is 2.44 bits per heavy atom. The van der Waals surface area contributed by atoms with E-state index in [1.165, 1.54) is 0 Å². The van der Waals surface area contributed by atoms with Crippen molar-refractivity contribution in [1.29, 1.82) is 0 Å². The van der Waals surface area contributed by atoms with Gasteiger partial charge in [0.2, 0.25) is 0 Å². The molecule has 0 aliphatic heterocycles. The lowest BCUT2D eigenvalue weighted by molar-refractivity contribution is -0.120. The van der Waals surface area contributed by atoms with Gasteiger partial charge < -0.3 is 5.32 Å². The second kappa shape index (κ2) is 4.82. The molecule has 1 atom stereocenters. The Balaban J connectivity index is 3.64. The second-order valence-electron chi connectivity index (χ2n) is 1.84. The van der Waals surface area contributed by atoms with Crippen LogP contribution in [0.3, 0.4) is 0 Å². The van der Waals surface area contributed by atoms with Crippen molar-refractivity contribution >= 4 is 18.4 Å². The van der Waals surface area contributed by atoms with Gasteiger partial charge >= 0.3 is 0 Å². The van der Waals surface area contributed by atoms with E-state index in [4.69, 9.17) is 0 Å². The summed E-state index contributed by atoms with van der Waals surface area (Å²) in [5.74, 6) is 0.816. The Morgan fingerprint density at radius 1 is 1.78 bits per heavy atom. The van der Waals surface area contributed by atoms with Crippen molar-refractivity contribution in [2.24, 2.45) is 0 Å². The van der Waals surface area contributed by atoms with Crippen molar-refractivity contribution in [3.63, 3.8) is 0 Å². The Bertz CT molecular complexity index is 91.1. The van der Waals surface area contributed by atoms with E-state index in [0.29, 0.717) is 12.2 Å². The normalized spacial score (nSPS) is 13.2. The summed E-state index contributed by atoms with van der Waals surface area (Å²) in [6, 6.07) is -0.0571. The maximum atomic E-state index is 10.9. The number of carbonyl (C=O) groups excluding carboxylic acids is 1. The molecule has 0 aromatic carbocycles. The largest absolute Gasteiger partial charge is 0.310 e. The van der Waals surface area contributed by atoms with Gasteiger partial charge in [-0.15, -0.1) is 0 Å². The summed E-state index contributed by atoms with van der Waals surface area (Å²) in [5.41, 5.74) is 0. The van der Waals surface area contributed by atoms with Crippen LogP contribution in [0.15, 0.2) is 0 Å². The Labute approximate surface area is 61.4 Å². The predicted molar refractivity (Wildman–Crippen MR) is 42.0 cm³/mol. The molecule has 0 saturated heterocycles. The molecule has 0 unspecified atom stereocenters. The van der Waals surface area contributed by atoms with Crippen LogP contribution >= 0.6 is 12.6 Å². The molecule has 0 aromatic heterocycles. The second-order valence-corrected chi connectivity index (χ2v) is 2.21. The fourth-order valence-corrected chi connectivity index (χ4v) is 0.987. The third-order valence-corrected chi connectivity index (χ3v) is 1.63. The molecule has 0 aliphatic rings. The minimum Gasteiger partial charge on any atom is -0.310 e. The molecule has 2 nitrogen and oxygen atoms in total.